The summed E-state index contributed by atoms with van der Waals surface area (Å²) >= 11 is 1.48. The molecule has 0 unspecified atom stereocenters. The minimum absolute atomic E-state index is 0. The van der Waals surface area contributed by atoms with Crippen LogP contribution in [-0.4, -0.2) is 49.1 Å². The zero-order chi connectivity index (χ0) is 16.8. The molecule has 1 aromatic heterocycles. The van der Waals surface area contributed by atoms with Crippen molar-refractivity contribution in [3.63, 3.8) is 0 Å². The lowest BCUT2D eigenvalue weighted by Crippen LogP contribution is -2.32. The second kappa shape index (κ2) is 9.61. The molecule has 132 valence electrons. The number of likely N-dealkylation sites (N-methyl/N-ethyl adjacent to an activating group) is 2. The van der Waals surface area contributed by atoms with Crippen LogP contribution in [-0.2, 0) is 0 Å². The van der Waals surface area contributed by atoms with Crippen LogP contribution in [0.4, 0.5) is 0 Å². The summed E-state index contributed by atoms with van der Waals surface area (Å²) in [4.78, 5) is 18.4. The Hall–Kier alpha value is -1.63. The van der Waals surface area contributed by atoms with E-state index in [1.165, 1.54) is 11.3 Å². The fourth-order valence-corrected chi connectivity index (χ4v) is 2.83. The van der Waals surface area contributed by atoms with Gasteiger partial charge in [0, 0.05) is 31.1 Å². The fourth-order valence-electron chi connectivity index (χ4n) is 2.03. The number of amides is 1. The highest BCUT2D eigenvalue weighted by atomic mass is 35.5. The number of hydrogen-bond acceptors (Lipinski definition) is 5. The SMILES string of the molecule is CNCCN(C)C(=O)c1csc(-c2ccc(OC(C)C)cc2)n1.Cl. The molecule has 2 aromatic rings. The maximum absolute atomic E-state index is 12.3. The average molecular weight is 370 g/mol. The molecule has 0 saturated carbocycles. The Morgan fingerprint density at radius 3 is 2.58 bits per heavy atom. The molecular weight excluding hydrogens is 346 g/mol. The quantitative estimate of drug-likeness (QED) is 0.813. The smallest absolute Gasteiger partial charge is 0.273 e. The van der Waals surface area contributed by atoms with Gasteiger partial charge in [-0.1, -0.05) is 0 Å². The second-order valence-electron chi connectivity index (χ2n) is 5.56. The van der Waals surface area contributed by atoms with Gasteiger partial charge in [0.05, 0.1) is 6.10 Å². The molecule has 0 bridgehead atoms. The van der Waals surface area contributed by atoms with Gasteiger partial charge in [-0.2, -0.15) is 0 Å². The topological polar surface area (TPSA) is 54.5 Å². The number of thiazole rings is 1. The number of carbonyl (C=O) groups is 1. The monoisotopic (exact) mass is 369 g/mol. The lowest BCUT2D eigenvalue weighted by molar-refractivity contribution is 0.0792. The molecule has 0 saturated heterocycles. The molecule has 1 N–H and O–H groups in total. The first kappa shape index (κ1) is 20.4. The van der Waals surface area contributed by atoms with Gasteiger partial charge in [0.2, 0.25) is 0 Å². The van der Waals surface area contributed by atoms with Crippen molar-refractivity contribution in [2.24, 2.45) is 0 Å². The number of hydrogen-bond donors (Lipinski definition) is 1. The fraction of sp³-hybridized carbons (Fsp3) is 0.412. The van der Waals surface area contributed by atoms with Crippen LogP contribution in [0.3, 0.4) is 0 Å². The molecule has 0 spiro atoms. The van der Waals surface area contributed by atoms with Crippen LogP contribution in [0.15, 0.2) is 29.6 Å². The van der Waals surface area contributed by atoms with E-state index in [9.17, 15) is 4.79 Å². The van der Waals surface area contributed by atoms with Gasteiger partial charge in [0.1, 0.15) is 16.5 Å². The highest BCUT2D eigenvalue weighted by Gasteiger charge is 2.15. The third-order valence-electron chi connectivity index (χ3n) is 3.24. The van der Waals surface area contributed by atoms with E-state index in [4.69, 9.17) is 4.74 Å². The van der Waals surface area contributed by atoms with Crippen molar-refractivity contribution in [1.29, 1.82) is 0 Å². The highest BCUT2D eigenvalue weighted by molar-refractivity contribution is 7.13. The molecule has 1 aromatic carbocycles. The van der Waals surface area contributed by atoms with Crippen molar-refractivity contribution in [2.75, 3.05) is 27.2 Å². The third kappa shape index (κ3) is 5.47. The van der Waals surface area contributed by atoms with Crippen molar-refractivity contribution in [1.82, 2.24) is 15.2 Å². The van der Waals surface area contributed by atoms with Crippen molar-refractivity contribution >= 4 is 29.7 Å². The Bertz CT molecular complexity index is 644. The van der Waals surface area contributed by atoms with Gasteiger partial charge >= 0.3 is 0 Å². The van der Waals surface area contributed by atoms with E-state index in [2.05, 4.69) is 10.3 Å². The molecule has 0 aliphatic carbocycles. The first-order valence-electron chi connectivity index (χ1n) is 7.64. The van der Waals surface area contributed by atoms with E-state index in [1.807, 2.05) is 50.5 Å². The van der Waals surface area contributed by atoms with Crippen LogP contribution in [0.5, 0.6) is 5.75 Å². The lowest BCUT2D eigenvalue weighted by atomic mass is 10.2. The minimum Gasteiger partial charge on any atom is -0.491 e. The van der Waals surface area contributed by atoms with Crippen molar-refractivity contribution in [3.8, 4) is 16.3 Å². The Morgan fingerprint density at radius 1 is 1.33 bits per heavy atom. The number of nitrogens with zero attached hydrogens (tertiary/aromatic N) is 2. The molecule has 7 heteroatoms. The van der Waals surface area contributed by atoms with E-state index < -0.39 is 0 Å². The van der Waals surface area contributed by atoms with E-state index >= 15 is 0 Å². The van der Waals surface area contributed by atoms with Crippen molar-refractivity contribution in [2.45, 2.75) is 20.0 Å². The van der Waals surface area contributed by atoms with E-state index in [0.29, 0.717) is 12.2 Å². The summed E-state index contributed by atoms with van der Waals surface area (Å²) in [5.41, 5.74) is 1.48. The lowest BCUT2D eigenvalue weighted by Gasteiger charge is -2.15. The highest BCUT2D eigenvalue weighted by Crippen LogP contribution is 2.26. The summed E-state index contributed by atoms with van der Waals surface area (Å²) in [5.74, 6) is 0.783. The zero-order valence-corrected chi connectivity index (χ0v) is 16.0. The summed E-state index contributed by atoms with van der Waals surface area (Å²) in [6.45, 7) is 5.41. The van der Waals surface area contributed by atoms with Gasteiger partial charge in [0.25, 0.3) is 5.91 Å². The number of halogens is 1. The number of ether oxygens (including phenoxy) is 1. The minimum atomic E-state index is -0.0532. The summed E-state index contributed by atoms with van der Waals surface area (Å²) in [6.07, 6.45) is 0.151. The normalized spacial score (nSPS) is 10.4. The van der Waals surface area contributed by atoms with Gasteiger partial charge in [0.15, 0.2) is 0 Å². The van der Waals surface area contributed by atoms with Gasteiger partial charge in [-0.3, -0.25) is 4.79 Å². The van der Waals surface area contributed by atoms with Crippen molar-refractivity contribution < 1.29 is 9.53 Å². The number of aromatic nitrogens is 1. The van der Waals surface area contributed by atoms with Crippen LogP contribution in [0, 0.1) is 0 Å². The largest absolute Gasteiger partial charge is 0.491 e. The average Bonchev–Trinajstić information content (AvgIpc) is 3.02. The number of rotatable bonds is 7. The van der Waals surface area contributed by atoms with Crippen molar-refractivity contribution in [3.05, 3.63) is 35.3 Å². The van der Waals surface area contributed by atoms with Crippen LogP contribution in [0.1, 0.15) is 24.3 Å². The van der Waals surface area contributed by atoms with E-state index in [1.54, 1.807) is 11.9 Å². The van der Waals surface area contributed by atoms with Crippen LogP contribution in [0.25, 0.3) is 10.6 Å². The first-order valence-corrected chi connectivity index (χ1v) is 8.52. The first-order chi connectivity index (χ1) is 11.0. The van der Waals surface area contributed by atoms with Crippen LogP contribution < -0.4 is 10.1 Å². The summed E-state index contributed by atoms with van der Waals surface area (Å²) in [7, 11) is 3.66. The third-order valence-corrected chi connectivity index (χ3v) is 4.13. The molecule has 1 amide bonds. The Kier molecular flexibility index (Phi) is 8.18. The Morgan fingerprint density at radius 2 is 2.00 bits per heavy atom. The maximum Gasteiger partial charge on any atom is 0.273 e. The summed E-state index contributed by atoms with van der Waals surface area (Å²) in [5, 5.41) is 5.68. The molecule has 0 atom stereocenters. The molecular formula is C17H24ClN3O2S. The Labute approximate surface area is 153 Å². The molecule has 0 fully saturated rings. The summed E-state index contributed by atoms with van der Waals surface area (Å²) < 4.78 is 5.63. The van der Waals surface area contributed by atoms with E-state index in [-0.39, 0.29) is 24.4 Å². The van der Waals surface area contributed by atoms with Crippen LogP contribution in [0.2, 0.25) is 0 Å². The molecule has 2 rings (SSSR count). The van der Waals surface area contributed by atoms with Gasteiger partial charge < -0.3 is 15.0 Å². The zero-order valence-electron chi connectivity index (χ0n) is 14.4. The molecule has 1 heterocycles. The van der Waals surface area contributed by atoms with E-state index in [0.717, 1.165) is 22.9 Å². The summed E-state index contributed by atoms with van der Waals surface area (Å²) in [6, 6.07) is 7.79. The molecule has 0 aliphatic rings. The Balaban J connectivity index is 0.00000288. The molecule has 24 heavy (non-hydrogen) atoms. The molecule has 0 aliphatic heterocycles. The number of carbonyl (C=O) groups excluding carboxylic acids is 1. The number of nitrogens with one attached hydrogen (secondary N) is 1. The molecule has 0 radical (unpaired) electrons. The van der Waals surface area contributed by atoms with Gasteiger partial charge in [-0.15, -0.1) is 23.7 Å². The number of benzene rings is 1. The maximum atomic E-state index is 12.3. The predicted octanol–water partition coefficient (Wildman–Crippen LogP) is 3.31. The predicted molar refractivity (Wildman–Crippen MR) is 101 cm³/mol. The molecule has 5 nitrogen and oxygen atoms in total. The standard InChI is InChI=1S/C17H23N3O2S.ClH/c1-12(2)22-14-7-5-13(6-8-14)16-19-15(11-23-16)17(21)20(4)10-9-18-3;/h5-8,11-12,18H,9-10H2,1-4H3;1H. The second-order valence-corrected chi connectivity index (χ2v) is 6.42. The van der Waals surface area contributed by atoms with Gasteiger partial charge in [-0.25, -0.2) is 4.98 Å². The van der Waals surface area contributed by atoms with Crippen LogP contribution >= 0.6 is 23.7 Å². The van der Waals surface area contributed by atoms with Gasteiger partial charge in [-0.05, 0) is 45.2 Å².